The summed E-state index contributed by atoms with van der Waals surface area (Å²) in [5.74, 6) is 0.508. The topological polar surface area (TPSA) is 54.5 Å². The van der Waals surface area contributed by atoms with Gasteiger partial charge in [-0.15, -0.1) is 11.3 Å². The average molecular weight is 430 g/mol. The third-order valence-corrected chi connectivity index (χ3v) is 7.62. The lowest BCUT2D eigenvalue weighted by Gasteiger charge is -2.33. The predicted octanol–water partition coefficient (Wildman–Crippen LogP) is 4.27. The molecule has 2 fully saturated rings. The van der Waals surface area contributed by atoms with Crippen molar-refractivity contribution in [1.29, 1.82) is 0 Å². The maximum absolute atomic E-state index is 13.8. The van der Waals surface area contributed by atoms with E-state index in [9.17, 15) is 9.18 Å². The van der Waals surface area contributed by atoms with Crippen LogP contribution < -0.4 is 5.32 Å². The molecule has 0 spiro atoms. The Kier molecular flexibility index (Phi) is 5.74. The Morgan fingerprint density at radius 2 is 2.10 bits per heavy atom. The van der Waals surface area contributed by atoms with Crippen molar-refractivity contribution in [1.82, 2.24) is 9.88 Å². The zero-order chi connectivity index (χ0) is 20.5. The number of hydrogen-bond acceptors (Lipinski definition) is 5. The van der Waals surface area contributed by atoms with E-state index in [0.29, 0.717) is 12.5 Å². The van der Waals surface area contributed by atoms with E-state index in [1.807, 2.05) is 11.0 Å². The number of thiazole rings is 1. The van der Waals surface area contributed by atoms with Crippen LogP contribution in [0.25, 0.3) is 11.3 Å². The van der Waals surface area contributed by atoms with Crippen molar-refractivity contribution in [3.05, 3.63) is 34.5 Å². The molecule has 1 aromatic carbocycles. The van der Waals surface area contributed by atoms with Gasteiger partial charge in [-0.25, -0.2) is 9.37 Å². The van der Waals surface area contributed by atoms with E-state index in [-0.39, 0.29) is 17.8 Å². The van der Waals surface area contributed by atoms with Gasteiger partial charge in [-0.05, 0) is 68.6 Å². The molecule has 0 radical (unpaired) electrons. The summed E-state index contributed by atoms with van der Waals surface area (Å²) in [6.07, 6.45) is 6.70. The van der Waals surface area contributed by atoms with Gasteiger partial charge in [0.15, 0.2) is 5.13 Å². The summed E-state index contributed by atoms with van der Waals surface area (Å²) < 4.78 is 19.4. The fourth-order valence-corrected chi connectivity index (χ4v) is 5.82. The van der Waals surface area contributed by atoms with Crippen molar-refractivity contribution in [2.75, 3.05) is 31.6 Å². The number of nitrogens with zero attached hydrogens (tertiary/aromatic N) is 2. The number of piperidine rings is 1. The molecule has 5 nitrogen and oxygen atoms in total. The molecule has 1 amide bonds. The molecule has 3 heterocycles. The summed E-state index contributed by atoms with van der Waals surface area (Å²) in [4.78, 5) is 20.6. The largest absolute Gasteiger partial charge is 0.368 e. The van der Waals surface area contributed by atoms with Gasteiger partial charge in [0, 0.05) is 36.7 Å². The van der Waals surface area contributed by atoms with Crippen LogP contribution in [0.1, 0.15) is 42.5 Å². The van der Waals surface area contributed by atoms with Crippen LogP contribution >= 0.6 is 11.3 Å². The van der Waals surface area contributed by atoms with Crippen molar-refractivity contribution >= 4 is 22.4 Å². The van der Waals surface area contributed by atoms with Crippen LogP contribution in [-0.4, -0.2) is 48.1 Å². The number of anilines is 1. The first-order valence-corrected chi connectivity index (χ1v) is 11.9. The lowest BCUT2D eigenvalue weighted by molar-refractivity contribution is -0.142. The monoisotopic (exact) mass is 429 g/mol. The van der Waals surface area contributed by atoms with E-state index in [2.05, 4.69) is 5.32 Å². The van der Waals surface area contributed by atoms with Crippen molar-refractivity contribution in [2.45, 2.75) is 51.0 Å². The molecule has 1 atom stereocenters. The van der Waals surface area contributed by atoms with Gasteiger partial charge < -0.3 is 15.0 Å². The van der Waals surface area contributed by atoms with E-state index >= 15 is 0 Å². The van der Waals surface area contributed by atoms with Crippen LogP contribution in [0.3, 0.4) is 0 Å². The van der Waals surface area contributed by atoms with Crippen LogP contribution in [0.15, 0.2) is 18.2 Å². The van der Waals surface area contributed by atoms with Crippen LogP contribution in [0.2, 0.25) is 0 Å². The summed E-state index contributed by atoms with van der Waals surface area (Å²) in [6.45, 7) is 3.20. The first kappa shape index (κ1) is 19.9. The normalized spacial score (nSPS) is 21.8. The Bertz CT molecular complexity index is 917. The van der Waals surface area contributed by atoms with Gasteiger partial charge in [-0.3, -0.25) is 4.79 Å². The number of benzene rings is 1. The van der Waals surface area contributed by atoms with Crippen LogP contribution in [0.5, 0.6) is 0 Å². The van der Waals surface area contributed by atoms with E-state index in [1.54, 1.807) is 23.5 Å². The minimum Gasteiger partial charge on any atom is -0.368 e. The maximum atomic E-state index is 13.8. The van der Waals surface area contributed by atoms with Gasteiger partial charge in [0.1, 0.15) is 11.9 Å². The molecular weight excluding hydrogens is 401 g/mol. The van der Waals surface area contributed by atoms with Crippen molar-refractivity contribution in [3.8, 4) is 11.3 Å². The molecule has 2 saturated heterocycles. The molecular formula is C23H28FN3O2S. The minimum atomic E-state index is -0.210. The molecule has 160 valence electrons. The Morgan fingerprint density at radius 1 is 1.23 bits per heavy atom. The molecule has 0 saturated carbocycles. The molecule has 1 aliphatic carbocycles. The van der Waals surface area contributed by atoms with E-state index in [0.717, 1.165) is 81.0 Å². The van der Waals surface area contributed by atoms with Crippen LogP contribution in [-0.2, 0) is 22.4 Å². The molecule has 0 unspecified atom stereocenters. The van der Waals surface area contributed by atoms with E-state index in [1.165, 1.54) is 10.4 Å². The van der Waals surface area contributed by atoms with Gasteiger partial charge in [-0.2, -0.15) is 0 Å². The molecule has 30 heavy (non-hydrogen) atoms. The molecule has 0 bridgehead atoms. The number of amides is 1. The highest BCUT2D eigenvalue weighted by atomic mass is 32.1. The third-order valence-electron chi connectivity index (χ3n) is 6.55. The SMILES string of the molecule is O=C([C@@H]1CCCO1)N1CCC(CNc2nc3c(s2)CCCc2ccc(F)cc2-3)CC1. The maximum Gasteiger partial charge on any atom is 0.251 e. The molecule has 1 aromatic heterocycles. The van der Waals surface area contributed by atoms with Gasteiger partial charge in [0.05, 0.1) is 5.69 Å². The summed E-state index contributed by atoms with van der Waals surface area (Å²) in [6, 6.07) is 5.08. The molecule has 3 aliphatic rings. The second-order valence-electron chi connectivity index (χ2n) is 8.60. The Labute approximate surface area is 180 Å². The zero-order valence-electron chi connectivity index (χ0n) is 17.2. The highest BCUT2D eigenvalue weighted by Gasteiger charge is 2.31. The molecule has 2 aliphatic heterocycles. The lowest BCUT2D eigenvalue weighted by Crippen LogP contribution is -2.44. The van der Waals surface area contributed by atoms with E-state index in [4.69, 9.17) is 9.72 Å². The number of halogens is 1. The number of hydrogen-bond donors (Lipinski definition) is 1. The molecule has 7 heteroatoms. The van der Waals surface area contributed by atoms with Gasteiger partial charge >= 0.3 is 0 Å². The third kappa shape index (κ3) is 4.10. The van der Waals surface area contributed by atoms with Gasteiger partial charge in [0.2, 0.25) is 0 Å². The number of carbonyl (C=O) groups excluding carboxylic acids is 1. The standard InChI is InChI=1S/C23H28FN3O2S/c24-17-7-6-16-3-1-5-20-21(18(16)13-17)26-23(30-20)25-14-15-8-10-27(11-9-15)22(28)19-4-2-12-29-19/h6-7,13,15,19H,1-5,8-12,14H2,(H,25,26)/t19-/m0/s1. The first-order valence-electron chi connectivity index (χ1n) is 11.1. The summed E-state index contributed by atoms with van der Waals surface area (Å²) >= 11 is 1.70. The molecule has 1 N–H and O–H groups in total. The fraction of sp³-hybridized carbons (Fsp3) is 0.565. The summed E-state index contributed by atoms with van der Waals surface area (Å²) in [5.41, 5.74) is 3.09. The summed E-state index contributed by atoms with van der Waals surface area (Å²) in [7, 11) is 0. The number of fused-ring (bicyclic) bond motifs is 3. The van der Waals surface area contributed by atoms with Gasteiger partial charge in [-0.1, -0.05) is 6.07 Å². The molecule has 5 rings (SSSR count). The molecule has 2 aromatic rings. The second-order valence-corrected chi connectivity index (χ2v) is 9.68. The number of aromatic nitrogens is 1. The van der Waals surface area contributed by atoms with Crippen molar-refractivity contribution in [2.24, 2.45) is 5.92 Å². The minimum absolute atomic E-state index is 0.175. The van der Waals surface area contributed by atoms with Crippen LogP contribution in [0.4, 0.5) is 9.52 Å². The lowest BCUT2D eigenvalue weighted by atomic mass is 9.96. The zero-order valence-corrected chi connectivity index (χ0v) is 18.0. The van der Waals surface area contributed by atoms with Crippen LogP contribution in [0, 0.1) is 11.7 Å². The quantitative estimate of drug-likeness (QED) is 0.789. The van der Waals surface area contributed by atoms with E-state index < -0.39 is 0 Å². The number of aryl methyl sites for hydroxylation is 2. The second kappa shape index (κ2) is 8.63. The number of carbonyl (C=O) groups is 1. The highest BCUT2D eigenvalue weighted by Crippen LogP contribution is 2.37. The smallest absolute Gasteiger partial charge is 0.251 e. The highest BCUT2D eigenvalue weighted by molar-refractivity contribution is 7.16. The first-order chi connectivity index (χ1) is 14.7. The Hall–Kier alpha value is -1.99. The summed E-state index contributed by atoms with van der Waals surface area (Å²) in [5, 5.41) is 4.45. The van der Waals surface area contributed by atoms with Gasteiger partial charge in [0.25, 0.3) is 5.91 Å². The van der Waals surface area contributed by atoms with Crippen molar-refractivity contribution in [3.63, 3.8) is 0 Å². The number of nitrogens with one attached hydrogen (secondary N) is 1. The Balaban J connectivity index is 1.19. The number of rotatable bonds is 4. The predicted molar refractivity (Wildman–Crippen MR) is 116 cm³/mol. The van der Waals surface area contributed by atoms with Crippen molar-refractivity contribution < 1.29 is 13.9 Å². The fourth-order valence-electron chi connectivity index (χ4n) is 4.80. The average Bonchev–Trinajstić information content (AvgIpc) is 3.41. The number of ether oxygens (including phenoxy) is 1. The number of likely N-dealkylation sites (tertiary alicyclic amines) is 1. The Morgan fingerprint density at radius 3 is 2.90 bits per heavy atom.